The number of likely N-dealkylation sites (tertiary alicyclic amines) is 1. The predicted molar refractivity (Wildman–Crippen MR) is 143 cm³/mol. The van der Waals surface area contributed by atoms with Gasteiger partial charge in [-0.05, 0) is 43.9 Å². The number of nitrogens with one attached hydrogen (secondary N) is 3. The summed E-state index contributed by atoms with van der Waals surface area (Å²) in [5.41, 5.74) is 8.22. The van der Waals surface area contributed by atoms with E-state index >= 15 is 0 Å². The van der Waals surface area contributed by atoms with Crippen molar-refractivity contribution in [2.24, 2.45) is 17.1 Å². The zero-order valence-corrected chi connectivity index (χ0v) is 21.9. The highest BCUT2D eigenvalue weighted by Crippen LogP contribution is 2.58. The molecule has 8 nitrogen and oxygen atoms in total. The molecule has 8 heteroatoms. The van der Waals surface area contributed by atoms with E-state index in [-0.39, 0.29) is 35.1 Å². The van der Waals surface area contributed by atoms with Crippen LogP contribution >= 0.6 is 0 Å². The van der Waals surface area contributed by atoms with E-state index in [1.165, 1.54) is 0 Å². The number of hydrogen-bond acceptors (Lipinski definition) is 5. The first-order valence-corrected chi connectivity index (χ1v) is 13.2. The van der Waals surface area contributed by atoms with Crippen molar-refractivity contribution in [3.8, 4) is 0 Å². The zero-order chi connectivity index (χ0) is 26.6. The first-order chi connectivity index (χ1) is 17.8. The van der Waals surface area contributed by atoms with Gasteiger partial charge in [-0.25, -0.2) is 0 Å². The van der Waals surface area contributed by atoms with E-state index in [4.69, 9.17) is 5.73 Å². The Labute approximate surface area is 219 Å². The van der Waals surface area contributed by atoms with Crippen molar-refractivity contribution in [1.29, 1.82) is 0 Å². The molecular formula is C29H39N5O3. The van der Waals surface area contributed by atoms with Gasteiger partial charge in [0, 0.05) is 31.0 Å². The third kappa shape index (κ3) is 5.86. The highest BCUT2D eigenvalue weighted by molar-refractivity contribution is 5.94. The molecule has 0 radical (unpaired) electrons. The average Bonchev–Trinajstić information content (AvgIpc) is 3.23. The van der Waals surface area contributed by atoms with Crippen LogP contribution in [0, 0.1) is 11.3 Å². The van der Waals surface area contributed by atoms with Crippen LogP contribution in [0.1, 0.15) is 31.4 Å². The van der Waals surface area contributed by atoms with Gasteiger partial charge in [0.2, 0.25) is 17.7 Å². The summed E-state index contributed by atoms with van der Waals surface area (Å²) in [5.74, 6) is -0.435. The fourth-order valence-electron chi connectivity index (χ4n) is 5.51. The van der Waals surface area contributed by atoms with Gasteiger partial charge < -0.3 is 26.6 Å². The lowest BCUT2D eigenvalue weighted by atomic mass is 9.99. The highest BCUT2D eigenvalue weighted by atomic mass is 16.2. The quantitative estimate of drug-likeness (QED) is 0.388. The number of benzene rings is 2. The molecule has 1 saturated carbocycles. The topological polar surface area (TPSA) is 117 Å². The number of nitrogens with two attached hydrogens (primary N) is 1. The summed E-state index contributed by atoms with van der Waals surface area (Å²) in [6.07, 6.45) is 1.59. The number of hydrogen-bond donors (Lipinski definition) is 4. The van der Waals surface area contributed by atoms with Gasteiger partial charge in [0.25, 0.3) is 0 Å². The molecule has 0 aromatic heterocycles. The second-order valence-corrected chi connectivity index (χ2v) is 10.5. The Morgan fingerprint density at radius 3 is 2.22 bits per heavy atom. The smallest absolute Gasteiger partial charge is 0.246 e. The summed E-state index contributed by atoms with van der Waals surface area (Å²) in [7, 11) is 1.70. The molecule has 2 unspecified atom stereocenters. The van der Waals surface area contributed by atoms with Gasteiger partial charge in [0.05, 0.1) is 6.04 Å². The van der Waals surface area contributed by atoms with Crippen LogP contribution in [-0.4, -0.2) is 66.9 Å². The van der Waals surface area contributed by atoms with Gasteiger partial charge in [0.15, 0.2) is 0 Å². The summed E-state index contributed by atoms with van der Waals surface area (Å²) < 4.78 is 0. The maximum atomic E-state index is 14.0. The lowest BCUT2D eigenvalue weighted by Gasteiger charge is -2.29. The van der Waals surface area contributed by atoms with Crippen LogP contribution < -0.4 is 21.7 Å². The van der Waals surface area contributed by atoms with Crippen LogP contribution in [0.2, 0.25) is 0 Å². The lowest BCUT2D eigenvalue weighted by molar-refractivity contribution is -0.141. The standard InChI is InChI=1S/C29H39N5O3/c1-19-25(30)29(19)17-24(27(36)32-15-14-21-10-6-4-7-11-21)34(18-29)28(37)23(33-26(35)20(2)31-3)16-22-12-8-5-9-13-22/h4-13,19-20,23-25,31H,14-18,30H2,1-3H3,(H,32,36)(H,33,35)/t19-,20-,23-,24-,25?,29?/m0/s1. The van der Waals surface area contributed by atoms with Crippen LogP contribution in [0.5, 0.6) is 0 Å². The van der Waals surface area contributed by atoms with Gasteiger partial charge in [-0.15, -0.1) is 0 Å². The molecule has 198 valence electrons. The summed E-state index contributed by atoms with van der Waals surface area (Å²) in [6.45, 7) is 4.74. The molecule has 2 fully saturated rings. The molecule has 3 amide bonds. The molecular weight excluding hydrogens is 466 g/mol. The van der Waals surface area contributed by atoms with Crippen molar-refractivity contribution >= 4 is 17.7 Å². The van der Waals surface area contributed by atoms with Gasteiger partial charge in [-0.2, -0.15) is 0 Å². The molecule has 2 aromatic rings. The van der Waals surface area contributed by atoms with E-state index in [1.54, 1.807) is 18.9 Å². The van der Waals surface area contributed by atoms with Crippen molar-refractivity contribution in [3.63, 3.8) is 0 Å². The van der Waals surface area contributed by atoms with Crippen LogP contribution in [-0.2, 0) is 27.2 Å². The molecule has 1 saturated heterocycles. The average molecular weight is 506 g/mol. The molecule has 37 heavy (non-hydrogen) atoms. The van der Waals surface area contributed by atoms with Crippen LogP contribution in [0.25, 0.3) is 0 Å². The molecule has 6 atom stereocenters. The van der Waals surface area contributed by atoms with E-state index < -0.39 is 18.1 Å². The molecule has 1 aliphatic carbocycles. The Morgan fingerprint density at radius 2 is 1.65 bits per heavy atom. The summed E-state index contributed by atoms with van der Waals surface area (Å²) in [5, 5.41) is 8.89. The van der Waals surface area contributed by atoms with Crippen molar-refractivity contribution in [1.82, 2.24) is 20.9 Å². The third-order valence-corrected chi connectivity index (χ3v) is 8.28. The summed E-state index contributed by atoms with van der Waals surface area (Å²) >= 11 is 0. The van der Waals surface area contributed by atoms with Gasteiger partial charge in [0.1, 0.15) is 12.1 Å². The fraction of sp³-hybridized carbons (Fsp3) is 0.483. The zero-order valence-electron chi connectivity index (χ0n) is 21.9. The first kappa shape index (κ1) is 26.8. The van der Waals surface area contributed by atoms with Crippen molar-refractivity contribution in [3.05, 3.63) is 71.8 Å². The summed E-state index contributed by atoms with van der Waals surface area (Å²) in [4.78, 5) is 41.9. The highest BCUT2D eigenvalue weighted by Gasteiger charge is 2.66. The number of rotatable bonds is 10. The minimum Gasteiger partial charge on any atom is -0.354 e. The summed E-state index contributed by atoms with van der Waals surface area (Å²) in [6, 6.07) is 17.7. The maximum absolute atomic E-state index is 14.0. The SMILES string of the molecule is CN[C@@H](C)C(=O)N[C@@H](Cc1ccccc1)C(=O)N1CC2(C[C@H]1C(=O)NCCc1ccccc1)C(N)[C@@H]2C. The fourth-order valence-corrected chi connectivity index (χ4v) is 5.51. The van der Waals surface area contributed by atoms with Crippen LogP contribution in [0.3, 0.4) is 0 Å². The predicted octanol–water partition coefficient (Wildman–Crippen LogP) is 1.25. The molecule has 2 aliphatic rings. The molecule has 2 aromatic carbocycles. The van der Waals surface area contributed by atoms with Gasteiger partial charge >= 0.3 is 0 Å². The Hall–Kier alpha value is -3.23. The van der Waals surface area contributed by atoms with Crippen LogP contribution in [0.4, 0.5) is 0 Å². The van der Waals surface area contributed by atoms with Crippen molar-refractivity contribution in [2.45, 2.75) is 57.3 Å². The molecule has 1 spiro atoms. The molecule has 4 rings (SSSR count). The second kappa shape index (κ2) is 11.4. The second-order valence-electron chi connectivity index (χ2n) is 10.5. The lowest BCUT2D eigenvalue weighted by Crippen LogP contribution is -2.56. The van der Waals surface area contributed by atoms with E-state index in [1.807, 2.05) is 60.7 Å². The van der Waals surface area contributed by atoms with E-state index in [0.29, 0.717) is 32.4 Å². The Morgan fingerprint density at radius 1 is 1.05 bits per heavy atom. The van der Waals surface area contributed by atoms with E-state index in [2.05, 4.69) is 22.9 Å². The van der Waals surface area contributed by atoms with E-state index in [0.717, 1.165) is 11.1 Å². The van der Waals surface area contributed by atoms with Gasteiger partial charge in [-0.1, -0.05) is 67.6 Å². The first-order valence-electron chi connectivity index (χ1n) is 13.2. The van der Waals surface area contributed by atoms with Crippen molar-refractivity contribution in [2.75, 3.05) is 20.1 Å². The normalized spacial score (nSPS) is 25.9. The Kier molecular flexibility index (Phi) is 8.29. The maximum Gasteiger partial charge on any atom is 0.246 e. The molecule has 0 bridgehead atoms. The minimum absolute atomic E-state index is 0.0450. The third-order valence-electron chi connectivity index (χ3n) is 8.28. The number of carbonyl (C=O) groups excluding carboxylic acids is 3. The monoisotopic (exact) mass is 505 g/mol. The molecule has 1 aliphatic heterocycles. The number of nitrogens with zero attached hydrogens (tertiary/aromatic N) is 1. The minimum atomic E-state index is -0.786. The Balaban J connectivity index is 1.52. The number of likely N-dealkylation sites (N-methyl/N-ethyl adjacent to an activating group) is 1. The van der Waals surface area contributed by atoms with Gasteiger partial charge in [-0.3, -0.25) is 14.4 Å². The van der Waals surface area contributed by atoms with Crippen LogP contribution in [0.15, 0.2) is 60.7 Å². The molecule has 1 heterocycles. The Bertz CT molecular complexity index is 1090. The van der Waals surface area contributed by atoms with E-state index in [9.17, 15) is 14.4 Å². The number of amides is 3. The number of carbonyl (C=O) groups is 3. The van der Waals surface area contributed by atoms with Crippen molar-refractivity contribution < 1.29 is 14.4 Å². The molecule has 5 N–H and O–H groups in total. The largest absolute Gasteiger partial charge is 0.354 e.